The second kappa shape index (κ2) is 9.95. The molecule has 1 amide bonds. The van der Waals surface area contributed by atoms with Gasteiger partial charge < -0.3 is 16.0 Å². The molecule has 1 aliphatic rings. The number of piperidine rings is 1. The Morgan fingerprint density at radius 1 is 1.41 bits per heavy atom. The van der Waals surface area contributed by atoms with E-state index < -0.39 is 0 Å². The molecule has 17 heavy (non-hydrogen) atoms. The third-order valence-electron chi connectivity index (χ3n) is 3.20. The molecule has 6 heteroatoms. The standard InChI is InChI=1S/C11H23N3O.2ClH/c1-9(7-12)11(15)13-8-10-3-5-14(2)6-4-10;;/h9-10H,3-8,12H2,1-2H3,(H,13,15);2*1H. The predicted octanol–water partition coefficient (Wildman–Crippen LogP) is 0.883. The number of rotatable bonds is 4. The van der Waals surface area contributed by atoms with E-state index in [0.717, 1.165) is 19.6 Å². The summed E-state index contributed by atoms with van der Waals surface area (Å²) in [5.74, 6) is 0.683. The first-order valence-electron chi connectivity index (χ1n) is 5.79. The Morgan fingerprint density at radius 2 is 1.94 bits per heavy atom. The van der Waals surface area contributed by atoms with Crippen LogP contribution in [0.25, 0.3) is 0 Å². The van der Waals surface area contributed by atoms with Crippen molar-refractivity contribution in [1.29, 1.82) is 0 Å². The Labute approximate surface area is 117 Å². The van der Waals surface area contributed by atoms with E-state index in [-0.39, 0.29) is 36.6 Å². The lowest BCUT2D eigenvalue weighted by Gasteiger charge is -2.29. The fourth-order valence-electron chi connectivity index (χ4n) is 1.79. The molecule has 1 rings (SSSR count). The predicted molar refractivity (Wildman–Crippen MR) is 75.9 cm³/mol. The Hall–Kier alpha value is -0.0300. The van der Waals surface area contributed by atoms with Gasteiger partial charge in [-0.3, -0.25) is 4.79 Å². The minimum Gasteiger partial charge on any atom is -0.356 e. The molecular weight excluding hydrogens is 261 g/mol. The number of amides is 1. The van der Waals surface area contributed by atoms with E-state index in [9.17, 15) is 4.79 Å². The fraction of sp³-hybridized carbons (Fsp3) is 0.909. The SMILES string of the molecule is CC(CN)C(=O)NCC1CCN(C)CC1.Cl.Cl. The maximum absolute atomic E-state index is 11.5. The van der Waals surface area contributed by atoms with Crippen LogP contribution in [-0.4, -0.2) is 44.0 Å². The second-order valence-electron chi connectivity index (χ2n) is 4.63. The van der Waals surface area contributed by atoms with Crippen LogP contribution < -0.4 is 11.1 Å². The summed E-state index contributed by atoms with van der Waals surface area (Å²) in [5, 5.41) is 2.98. The molecule has 0 spiro atoms. The van der Waals surface area contributed by atoms with E-state index in [4.69, 9.17) is 5.73 Å². The summed E-state index contributed by atoms with van der Waals surface area (Å²) in [6.07, 6.45) is 2.38. The van der Waals surface area contributed by atoms with Crippen LogP contribution in [0.5, 0.6) is 0 Å². The number of halogens is 2. The number of carbonyl (C=O) groups is 1. The molecule has 1 unspecified atom stereocenters. The van der Waals surface area contributed by atoms with Gasteiger partial charge in [0.1, 0.15) is 0 Å². The Balaban J connectivity index is 0. The van der Waals surface area contributed by atoms with Crippen molar-refractivity contribution in [3.63, 3.8) is 0 Å². The summed E-state index contributed by atoms with van der Waals surface area (Å²) in [4.78, 5) is 13.8. The normalized spacial score (nSPS) is 18.8. The molecule has 0 aromatic rings. The summed E-state index contributed by atoms with van der Waals surface area (Å²) in [7, 11) is 2.14. The number of carbonyl (C=O) groups excluding carboxylic acids is 1. The highest BCUT2D eigenvalue weighted by molar-refractivity contribution is 5.85. The highest BCUT2D eigenvalue weighted by atomic mass is 35.5. The van der Waals surface area contributed by atoms with Crippen molar-refractivity contribution in [3.05, 3.63) is 0 Å². The van der Waals surface area contributed by atoms with Crippen molar-refractivity contribution >= 4 is 30.7 Å². The third-order valence-corrected chi connectivity index (χ3v) is 3.20. The van der Waals surface area contributed by atoms with Crippen molar-refractivity contribution in [1.82, 2.24) is 10.2 Å². The van der Waals surface area contributed by atoms with Crippen molar-refractivity contribution in [2.24, 2.45) is 17.6 Å². The first-order chi connectivity index (χ1) is 7.13. The highest BCUT2D eigenvalue weighted by Gasteiger charge is 2.18. The van der Waals surface area contributed by atoms with Gasteiger partial charge in [-0.2, -0.15) is 0 Å². The molecule has 1 heterocycles. The second-order valence-corrected chi connectivity index (χ2v) is 4.63. The molecule has 0 radical (unpaired) electrons. The molecule has 1 atom stereocenters. The Kier molecular flexibility index (Phi) is 11.3. The van der Waals surface area contributed by atoms with E-state index in [1.807, 2.05) is 6.92 Å². The topological polar surface area (TPSA) is 58.4 Å². The first-order valence-corrected chi connectivity index (χ1v) is 5.79. The van der Waals surface area contributed by atoms with Crippen molar-refractivity contribution in [2.45, 2.75) is 19.8 Å². The lowest BCUT2D eigenvalue weighted by atomic mass is 9.97. The Morgan fingerprint density at radius 3 is 2.41 bits per heavy atom. The molecule has 104 valence electrons. The van der Waals surface area contributed by atoms with Gasteiger partial charge in [0, 0.05) is 19.0 Å². The third kappa shape index (κ3) is 7.09. The molecule has 1 aliphatic heterocycles. The molecule has 0 bridgehead atoms. The summed E-state index contributed by atoms with van der Waals surface area (Å²) >= 11 is 0. The van der Waals surface area contributed by atoms with Gasteiger partial charge in [0.15, 0.2) is 0 Å². The van der Waals surface area contributed by atoms with E-state index in [0.29, 0.717) is 12.5 Å². The van der Waals surface area contributed by atoms with Gasteiger partial charge in [-0.1, -0.05) is 6.92 Å². The molecule has 0 saturated carbocycles. The number of nitrogens with two attached hydrogens (primary N) is 1. The fourth-order valence-corrected chi connectivity index (χ4v) is 1.79. The van der Waals surface area contributed by atoms with Crippen molar-refractivity contribution in [3.8, 4) is 0 Å². The molecular formula is C11H25Cl2N3O. The zero-order chi connectivity index (χ0) is 11.3. The lowest BCUT2D eigenvalue weighted by molar-refractivity contribution is -0.124. The van der Waals surface area contributed by atoms with Crippen LogP contribution in [0.4, 0.5) is 0 Å². The first kappa shape index (κ1) is 19.3. The van der Waals surface area contributed by atoms with Crippen LogP contribution in [0, 0.1) is 11.8 Å². The highest BCUT2D eigenvalue weighted by Crippen LogP contribution is 2.14. The summed E-state index contributed by atoms with van der Waals surface area (Å²) in [6, 6.07) is 0. The maximum Gasteiger partial charge on any atom is 0.224 e. The van der Waals surface area contributed by atoms with E-state index >= 15 is 0 Å². The van der Waals surface area contributed by atoms with E-state index in [1.165, 1.54) is 12.8 Å². The van der Waals surface area contributed by atoms with Crippen LogP contribution in [-0.2, 0) is 4.79 Å². The van der Waals surface area contributed by atoms with Gasteiger partial charge in [-0.25, -0.2) is 0 Å². The van der Waals surface area contributed by atoms with Crippen molar-refractivity contribution in [2.75, 3.05) is 33.2 Å². The summed E-state index contributed by atoms with van der Waals surface area (Å²) < 4.78 is 0. The van der Waals surface area contributed by atoms with Crippen LogP contribution in [0.2, 0.25) is 0 Å². The molecule has 3 N–H and O–H groups in total. The van der Waals surface area contributed by atoms with Crippen LogP contribution >= 0.6 is 24.8 Å². The molecule has 1 saturated heterocycles. The van der Waals surface area contributed by atoms with Gasteiger partial charge in [0.05, 0.1) is 0 Å². The van der Waals surface area contributed by atoms with Gasteiger partial charge in [-0.15, -0.1) is 24.8 Å². The largest absolute Gasteiger partial charge is 0.356 e. The average Bonchev–Trinajstić information content (AvgIpc) is 2.26. The van der Waals surface area contributed by atoms with Gasteiger partial charge in [0.25, 0.3) is 0 Å². The number of hydrogen-bond donors (Lipinski definition) is 2. The van der Waals surface area contributed by atoms with Crippen LogP contribution in [0.3, 0.4) is 0 Å². The van der Waals surface area contributed by atoms with E-state index in [1.54, 1.807) is 0 Å². The Bertz CT molecular complexity index is 209. The van der Waals surface area contributed by atoms with Crippen LogP contribution in [0.15, 0.2) is 0 Å². The van der Waals surface area contributed by atoms with E-state index in [2.05, 4.69) is 17.3 Å². The molecule has 1 fully saturated rings. The molecule has 0 aliphatic carbocycles. The monoisotopic (exact) mass is 285 g/mol. The maximum atomic E-state index is 11.5. The van der Waals surface area contributed by atoms with Gasteiger partial charge in [0.2, 0.25) is 5.91 Å². The summed E-state index contributed by atoms with van der Waals surface area (Å²) in [6.45, 7) is 5.40. The average molecular weight is 286 g/mol. The quantitative estimate of drug-likeness (QED) is 0.806. The zero-order valence-corrected chi connectivity index (χ0v) is 12.3. The summed E-state index contributed by atoms with van der Waals surface area (Å²) in [5.41, 5.74) is 5.43. The number of hydrogen-bond acceptors (Lipinski definition) is 3. The lowest BCUT2D eigenvalue weighted by Crippen LogP contribution is -2.39. The minimum absolute atomic E-state index is 0. The smallest absolute Gasteiger partial charge is 0.224 e. The van der Waals surface area contributed by atoms with Gasteiger partial charge in [-0.05, 0) is 38.9 Å². The van der Waals surface area contributed by atoms with Crippen LogP contribution in [0.1, 0.15) is 19.8 Å². The molecule has 4 nitrogen and oxygen atoms in total. The van der Waals surface area contributed by atoms with Gasteiger partial charge >= 0.3 is 0 Å². The molecule has 0 aromatic heterocycles. The number of nitrogens with zero attached hydrogens (tertiary/aromatic N) is 1. The minimum atomic E-state index is -0.0590. The zero-order valence-electron chi connectivity index (χ0n) is 10.6. The number of likely N-dealkylation sites (tertiary alicyclic amines) is 1. The van der Waals surface area contributed by atoms with Crippen molar-refractivity contribution < 1.29 is 4.79 Å². The number of nitrogens with one attached hydrogen (secondary N) is 1. The molecule has 0 aromatic carbocycles.